The number of nitrogens with zero attached hydrogens (tertiary/aromatic N) is 2. The van der Waals surface area contributed by atoms with Crippen LogP contribution < -0.4 is 14.5 Å². The lowest BCUT2D eigenvalue weighted by molar-refractivity contribution is -0.132. The lowest BCUT2D eigenvalue weighted by Crippen LogP contribution is -2.29. The van der Waals surface area contributed by atoms with Gasteiger partial charge in [-0.15, -0.1) is 0 Å². The molecule has 3 aromatic rings. The van der Waals surface area contributed by atoms with Gasteiger partial charge in [0.05, 0.1) is 23.2 Å². The molecule has 1 saturated heterocycles. The minimum atomic E-state index is -0.784. The molecule has 4 rings (SSSR count). The number of aryl methyl sites for hydroxylation is 2. The number of amides is 1. The summed E-state index contributed by atoms with van der Waals surface area (Å²) in [4.78, 5) is 30.7. The fourth-order valence-electron chi connectivity index (χ4n) is 4.93. The first-order valence-electron chi connectivity index (χ1n) is 12.3. The number of aliphatic hydroxyl groups excluding tert-OH is 1. The third-order valence-corrected chi connectivity index (χ3v) is 7.31. The maximum absolute atomic E-state index is 13.5. The van der Waals surface area contributed by atoms with Crippen LogP contribution in [0.25, 0.3) is 5.76 Å². The minimum Gasteiger partial charge on any atom is -0.507 e. The van der Waals surface area contributed by atoms with Crippen LogP contribution in [-0.4, -0.2) is 37.0 Å². The maximum Gasteiger partial charge on any atom is 0.300 e. The molecule has 1 amide bonds. The number of ketones is 1. The van der Waals surface area contributed by atoms with Crippen LogP contribution in [0.5, 0.6) is 5.75 Å². The zero-order valence-electron chi connectivity index (χ0n) is 21.7. The molecule has 192 valence electrons. The van der Waals surface area contributed by atoms with Crippen molar-refractivity contribution in [3.05, 3.63) is 93.0 Å². The Morgan fingerprint density at radius 1 is 0.973 bits per heavy atom. The number of hydrogen-bond acceptors (Lipinski definition) is 5. The van der Waals surface area contributed by atoms with E-state index in [4.69, 9.17) is 4.74 Å². The van der Waals surface area contributed by atoms with E-state index in [0.717, 1.165) is 35.5 Å². The molecular weight excluding hydrogens is 532 g/mol. The van der Waals surface area contributed by atoms with Crippen molar-refractivity contribution >= 4 is 44.8 Å². The van der Waals surface area contributed by atoms with Crippen LogP contribution >= 0.6 is 15.9 Å². The molecule has 0 bridgehead atoms. The van der Waals surface area contributed by atoms with Crippen LogP contribution in [-0.2, 0) is 9.59 Å². The predicted octanol–water partition coefficient (Wildman–Crippen LogP) is 6.55. The molecule has 0 aromatic heterocycles. The van der Waals surface area contributed by atoms with Gasteiger partial charge in [-0.2, -0.15) is 0 Å². The summed E-state index contributed by atoms with van der Waals surface area (Å²) in [5, 5.41) is 11.4. The Labute approximate surface area is 226 Å². The van der Waals surface area contributed by atoms with Crippen molar-refractivity contribution in [3.8, 4) is 5.75 Å². The van der Waals surface area contributed by atoms with Gasteiger partial charge in [0.15, 0.2) is 0 Å². The topological polar surface area (TPSA) is 70.1 Å². The van der Waals surface area contributed by atoms with E-state index < -0.39 is 17.7 Å². The van der Waals surface area contributed by atoms with Crippen molar-refractivity contribution < 1.29 is 19.4 Å². The molecule has 3 aromatic carbocycles. The highest BCUT2D eigenvalue weighted by atomic mass is 79.9. The number of carbonyl (C=O) groups is 2. The first-order chi connectivity index (χ1) is 17.7. The molecule has 1 heterocycles. The molecule has 1 fully saturated rings. The Morgan fingerprint density at radius 3 is 2.14 bits per heavy atom. The number of rotatable bonds is 7. The Hall–Kier alpha value is -3.58. The highest BCUT2D eigenvalue weighted by Gasteiger charge is 2.47. The van der Waals surface area contributed by atoms with Gasteiger partial charge in [-0.25, -0.2) is 0 Å². The number of hydrogen-bond donors (Lipinski definition) is 1. The average Bonchev–Trinajstić information content (AvgIpc) is 3.14. The number of halogens is 1. The molecule has 7 heteroatoms. The largest absolute Gasteiger partial charge is 0.507 e. The zero-order valence-corrected chi connectivity index (χ0v) is 23.3. The molecular formula is C30H31BrN2O4. The molecule has 1 N–H and O–H groups in total. The molecule has 0 saturated carbocycles. The highest BCUT2D eigenvalue weighted by molar-refractivity contribution is 9.10. The summed E-state index contributed by atoms with van der Waals surface area (Å²) in [6.07, 6.45) is 0. The fraction of sp³-hybridized carbons (Fsp3) is 0.267. The predicted molar refractivity (Wildman–Crippen MR) is 151 cm³/mol. The Bertz CT molecular complexity index is 1360. The van der Waals surface area contributed by atoms with Gasteiger partial charge >= 0.3 is 0 Å². The average molecular weight is 563 g/mol. The third kappa shape index (κ3) is 5.01. The second kappa shape index (κ2) is 10.8. The van der Waals surface area contributed by atoms with Gasteiger partial charge in [0, 0.05) is 30.0 Å². The Kier molecular flexibility index (Phi) is 7.73. The lowest BCUT2D eigenvalue weighted by atomic mass is 9.94. The molecule has 1 atom stereocenters. The van der Waals surface area contributed by atoms with Crippen molar-refractivity contribution in [2.45, 2.75) is 33.7 Å². The summed E-state index contributed by atoms with van der Waals surface area (Å²) < 4.78 is 5.93. The number of anilines is 2. The summed E-state index contributed by atoms with van der Waals surface area (Å²) in [7, 11) is 1.55. The molecule has 6 nitrogen and oxygen atoms in total. The van der Waals surface area contributed by atoms with E-state index in [9.17, 15) is 14.7 Å². The van der Waals surface area contributed by atoms with E-state index in [-0.39, 0.29) is 11.3 Å². The first kappa shape index (κ1) is 26.5. The summed E-state index contributed by atoms with van der Waals surface area (Å²) in [6.45, 7) is 9.83. The second-order valence-electron chi connectivity index (χ2n) is 9.13. The van der Waals surface area contributed by atoms with Gasteiger partial charge < -0.3 is 14.7 Å². The van der Waals surface area contributed by atoms with E-state index >= 15 is 0 Å². The number of Topliss-reactive ketones (excluding diaryl/α,β-unsaturated/α-hetero) is 1. The molecule has 1 unspecified atom stereocenters. The molecule has 0 spiro atoms. The maximum atomic E-state index is 13.5. The van der Waals surface area contributed by atoms with Gasteiger partial charge in [0.2, 0.25) is 0 Å². The number of ether oxygens (including phenoxy) is 1. The summed E-state index contributed by atoms with van der Waals surface area (Å²) in [5.74, 6) is -1.03. The number of carbonyl (C=O) groups excluding carboxylic acids is 2. The minimum absolute atomic E-state index is 0.0526. The molecule has 1 aliphatic rings. The second-order valence-corrected chi connectivity index (χ2v) is 9.98. The van der Waals surface area contributed by atoms with Crippen LogP contribution in [0.2, 0.25) is 0 Å². The fourth-order valence-corrected chi connectivity index (χ4v) is 5.47. The van der Waals surface area contributed by atoms with Gasteiger partial charge in [-0.1, -0.05) is 18.2 Å². The van der Waals surface area contributed by atoms with Crippen molar-refractivity contribution in [1.29, 1.82) is 0 Å². The van der Waals surface area contributed by atoms with Crippen LogP contribution in [0.3, 0.4) is 0 Å². The third-order valence-electron chi connectivity index (χ3n) is 6.69. The van der Waals surface area contributed by atoms with Gasteiger partial charge in [0.25, 0.3) is 11.7 Å². The van der Waals surface area contributed by atoms with E-state index in [1.54, 1.807) is 25.3 Å². The van der Waals surface area contributed by atoms with E-state index in [1.807, 2.05) is 56.3 Å². The summed E-state index contributed by atoms with van der Waals surface area (Å²) >= 11 is 3.45. The van der Waals surface area contributed by atoms with Crippen molar-refractivity contribution in [2.24, 2.45) is 0 Å². The van der Waals surface area contributed by atoms with Gasteiger partial charge in [-0.05, 0) is 103 Å². The first-order valence-corrected chi connectivity index (χ1v) is 13.1. The number of methoxy groups -OCH3 is 1. The summed E-state index contributed by atoms with van der Waals surface area (Å²) in [5.41, 5.74) is 4.83. The highest BCUT2D eigenvalue weighted by Crippen LogP contribution is 2.43. The van der Waals surface area contributed by atoms with Gasteiger partial charge in [0.1, 0.15) is 11.5 Å². The molecule has 0 radical (unpaired) electrons. The monoisotopic (exact) mass is 562 g/mol. The molecule has 0 aliphatic carbocycles. The van der Waals surface area contributed by atoms with E-state index in [0.29, 0.717) is 21.5 Å². The van der Waals surface area contributed by atoms with Crippen LogP contribution in [0.1, 0.15) is 42.1 Å². The number of aliphatic hydroxyl groups is 1. The SMILES string of the molecule is CCN(CC)c1ccc(C2/C(=C(/O)c3ccc(OC)c(Br)c3)C(=O)C(=O)N2c2cc(C)cc(C)c2)cc1. The molecule has 1 aliphatic heterocycles. The van der Waals surface area contributed by atoms with Crippen molar-refractivity contribution in [3.63, 3.8) is 0 Å². The normalized spacial score (nSPS) is 16.8. The quantitative estimate of drug-likeness (QED) is 0.201. The van der Waals surface area contributed by atoms with Crippen LogP contribution in [0, 0.1) is 13.8 Å². The smallest absolute Gasteiger partial charge is 0.300 e. The molecule has 37 heavy (non-hydrogen) atoms. The zero-order chi connectivity index (χ0) is 26.9. The standard InChI is InChI=1S/C30H31BrN2O4/c1-6-32(7-2)22-11-8-20(9-12-22)27-26(28(34)21-10-13-25(37-5)24(31)17-21)29(35)30(36)33(27)23-15-18(3)14-19(4)16-23/h8-17,27,34H,6-7H2,1-5H3/b28-26-. The van der Waals surface area contributed by atoms with Crippen LogP contribution in [0.4, 0.5) is 11.4 Å². The summed E-state index contributed by atoms with van der Waals surface area (Å²) in [6, 6.07) is 17.9. The van der Waals surface area contributed by atoms with E-state index in [1.165, 1.54) is 4.90 Å². The van der Waals surface area contributed by atoms with Crippen LogP contribution in [0.15, 0.2) is 70.7 Å². The lowest BCUT2D eigenvalue weighted by Gasteiger charge is -2.27. The van der Waals surface area contributed by atoms with Gasteiger partial charge in [-0.3, -0.25) is 14.5 Å². The Morgan fingerprint density at radius 2 is 1.59 bits per heavy atom. The number of benzene rings is 3. The van der Waals surface area contributed by atoms with Crippen molar-refractivity contribution in [1.82, 2.24) is 0 Å². The van der Waals surface area contributed by atoms with Crippen molar-refractivity contribution in [2.75, 3.05) is 30.0 Å². The Balaban J connectivity index is 1.92. The van der Waals surface area contributed by atoms with E-state index in [2.05, 4.69) is 34.7 Å².